The Hall–Kier alpha value is -1.96. The van der Waals surface area contributed by atoms with Gasteiger partial charge in [-0.3, -0.25) is 9.89 Å². The number of aliphatic imine (C=N–C) groups is 1. The fraction of sp³-hybridized carbons (Fsp3) is 0.545. The standard InChI is InChI=1S/C22H31N5OS/c1-17-16-29-21(25-17)9-6-10-24-22(23-2)27-14-19-20(15-27)28-12-11-26(19)13-18-7-4-3-5-8-18/h3-5,7-8,16,19-20H,6,9-15H2,1-2H3,(H,23,24). The molecule has 1 N–H and O–H groups in total. The minimum atomic E-state index is 0.254. The fourth-order valence-corrected chi connectivity index (χ4v) is 5.05. The van der Waals surface area contributed by atoms with E-state index in [1.807, 2.05) is 7.05 Å². The lowest BCUT2D eigenvalue weighted by molar-refractivity contribution is -0.0502. The molecule has 2 aliphatic heterocycles. The van der Waals surface area contributed by atoms with Crippen molar-refractivity contribution in [1.82, 2.24) is 20.1 Å². The predicted octanol–water partition coefficient (Wildman–Crippen LogP) is 2.54. The molecule has 0 bridgehead atoms. The zero-order valence-corrected chi connectivity index (χ0v) is 18.2. The summed E-state index contributed by atoms with van der Waals surface area (Å²) in [6.45, 7) is 7.61. The highest BCUT2D eigenvalue weighted by Crippen LogP contribution is 2.24. The average molecular weight is 414 g/mol. The molecule has 156 valence electrons. The van der Waals surface area contributed by atoms with Crippen molar-refractivity contribution in [2.45, 2.75) is 38.5 Å². The molecule has 3 heterocycles. The molecule has 29 heavy (non-hydrogen) atoms. The Labute approximate surface area is 177 Å². The Morgan fingerprint density at radius 3 is 2.93 bits per heavy atom. The summed E-state index contributed by atoms with van der Waals surface area (Å²) in [6, 6.07) is 11.2. The maximum Gasteiger partial charge on any atom is 0.193 e. The van der Waals surface area contributed by atoms with Crippen LogP contribution in [0.25, 0.3) is 0 Å². The lowest BCUT2D eigenvalue weighted by atomic mass is 10.1. The van der Waals surface area contributed by atoms with Crippen LogP contribution in [0.15, 0.2) is 40.7 Å². The van der Waals surface area contributed by atoms with E-state index in [9.17, 15) is 0 Å². The number of benzene rings is 1. The number of nitrogens with one attached hydrogen (secondary N) is 1. The van der Waals surface area contributed by atoms with E-state index >= 15 is 0 Å². The van der Waals surface area contributed by atoms with Crippen LogP contribution in [-0.4, -0.2) is 72.7 Å². The molecule has 0 amide bonds. The van der Waals surface area contributed by atoms with Crippen LogP contribution in [0.3, 0.4) is 0 Å². The van der Waals surface area contributed by atoms with E-state index < -0.39 is 0 Å². The van der Waals surface area contributed by atoms with Gasteiger partial charge in [-0.25, -0.2) is 4.98 Å². The molecule has 2 atom stereocenters. The molecular weight excluding hydrogens is 382 g/mol. The number of thiazole rings is 1. The summed E-state index contributed by atoms with van der Waals surface area (Å²) in [4.78, 5) is 14.0. The number of likely N-dealkylation sites (tertiary alicyclic amines) is 1. The molecule has 2 fully saturated rings. The Kier molecular flexibility index (Phi) is 6.79. The van der Waals surface area contributed by atoms with E-state index in [1.54, 1.807) is 11.3 Å². The van der Waals surface area contributed by atoms with Gasteiger partial charge in [0.2, 0.25) is 0 Å². The molecule has 2 aliphatic rings. The zero-order chi connectivity index (χ0) is 20.1. The number of aromatic nitrogens is 1. The number of rotatable bonds is 6. The summed E-state index contributed by atoms with van der Waals surface area (Å²) in [5.74, 6) is 0.984. The second kappa shape index (κ2) is 9.69. The normalized spacial score (nSPS) is 22.7. The number of nitrogens with zero attached hydrogens (tertiary/aromatic N) is 4. The Morgan fingerprint density at radius 1 is 1.31 bits per heavy atom. The van der Waals surface area contributed by atoms with Gasteiger partial charge in [0.1, 0.15) is 0 Å². The van der Waals surface area contributed by atoms with Gasteiger partial charge in [0.25, 0.3) is 0 Å². The molecule has 0 aliphatic carbocycles. The van der Waals surface area contributed by atoms with Gasteiger partial charge in [-0.2, -0.15) is 0 Å². The average Bonchev–Trinajstić information content (AvgIpc) is 3.35. The van der Waals surface area contributed by atoms with E-state index in [1.165, 1.54) is 10.6 Å². The number of hydrogen-bond donors (Lipinski definition) is 1. The number of guanidine groups is 1. The molecule has 4 rings (SSSR count). The van der Waals surface area contributed by atoms with E-state index in [0.29, 0.717) is 6.04 Å². The van der Waals surface area contributed by atoms with E-state index in [2.05, 4.69) is 67.7 Å². The molecule has 0 radical (unpaired) electrons. The molecule has 7 heteroatoms. The first-order chi connectivity index (χ1) is 14.2. The summed E-state index contributed by atoms with van der Waals surface area (Å²) in [7, 11) is 1.87. The zero-order valence-electron chi connectivity index (χ0n) is 17.4. The van der Waals surface area contributed by atoms with Crippen LogP contribution in [-0.2, 0) is 17.7 Å². The van der Waals surface area contributed by atoms with Crippen LogP contribution in [0.2, 0.25) is 0 Å². The Balaban J connectivity index is 1.29. The third-order valence-corrected chi connectivity index (χ3v) is 6.70. The topological polar surface area (TPSA) is 53.0 Å². The van der Waals surface area contributed by atoms with Crippen molar-refractivity contribution in [1.29, 1.82) is 0 Å². The van der Waals surface area contributed by atoms with Crippen LogP contribution in [0.5, 0.6) is 0 Å². The molecule has 2 aromatic rings. The van der Waals surface area contributed by atoms with Crippen molar-refractivity contribution in [2.75, 3.05) is 39.8 Å². The second-order valence-corrected chi connectivity index (χ2v) is 8.74. The van der Waals surface area contributed by atoms with Gasteiger partial charge in [-0.15, -0.1) is 11.3 Å². The predicted molar refractivity (Wildman–Crippen MR) is 118 cm³/mol. The third-order valence-electron chi connectivity index (χ3n) is 5.67. The van der Waals surface area contributed by atoms with Gasteiger partial charge in [0, 0.05) is 57.3 Å². The van der Waals surface area contributed by atoms with Crippen LogP contribution >= 0.6 is 11.3 Å². The number of aryl methyl sites for hydroxylation is 2. The van der Waals surface area contributed by atoms with Gasteiger partial charge in [0.15, 0.2) is 5.96 Å². The van der Waals surface area contributed by atoms with E-state index in [0.717, 1.165) is 63.8 Å². The van der Waals surface area contributed by atoms with E-state index in [-0.39, 0.29) is 6.10 Å². The van der Waals surface area contributed by atoms with Gasteiger partial charge < -0.3 is 15.0 Å². The Bertz CT molecular complexity index is 809. The monoisotopic (exact) mass is 413 g/mol. The van der Waals surface area contributed by atoms with Crippen LogP contribution < -0.4 is 5.32 Å². The van der Waals surface area contributed by atoms with Crippen molar-refractivity contribution >= 4 is 17.3 Å². The first-order valence-corrected chi connectivity index (χ1v) is 11.4. The first-order valence-electron chi connectivity index (χ1n) is 10.5. The molecule has 6 nitrogen and oxygen atoms in total. The maximum absolute atomic E-state index is 6.11. The lowest BCUT2D eigenvalue weighted by Crippen LogP contribution is -2.50. The Morgan fingerprint density at radius 2 is 2.17 bits per heavy atom. The number of fused-ring (bicyclic) bond motifs is 1. The second-order valence-electron chi connectivity index (χ2n) is 7.80. The molecule has 0 spiro atoms. The van der Waals surface area contributed by atoms with Crippen LogP contribution in [0, 0.1) is 6.92 Å². The molecule has 2 saturated heterocycles. The van der Waals surface area contributed by atoms with Gasteiger partial charge >= 0.3 is 0 Å². The molecule has 1 aromatic carbocycles. The lowest BCUT2D eigenvalue weighted by Gasteiger charge is -2.36. The van der Waals surface area contributed by atoms with Gasteiger partial charge in [-0.05, 0) is 18.9 Å². The highest BCUT2D eigenvalue weighted by molar-refractivity contribution is 7.09. The van der Waals surface area contributed by atoms with Crippen LogP contribution in [0.4, 0.5) is 0 Å². The van der Waals surface area contributed by atoms with Crippen LogP contribution in [0.1, 0.15) is 22.7 Å². The first kappa shape index (κ1) is 20.3. The highest BCUT2D eigenvalue weighted by Gasteiger charge is 2.41. The van der Waals surface area contributed by atoms with Crippen molar-refractivity contribution in [3.8, 4) is 0 Å². The van der Waals surface area contributed by atoms with Crippen molar-refractivity contribution in [3.05, 3.63) is 52.0 Å². The summed E-state index contributed by atoms with van der Waals surface area (Å²) in [6.07, 6.45) is 2.33. The molecule has 0 saturated carbocycles. The fourth-order valence-electron chi connectivity index (χ4n) is 4.24. The van der Waals surface area contributed by atoms with Crippen molar-refractivity contribution in [3.63, 3.8) is 0 Å². The quantitative estimate of drug-likeness (QED) is 0.448. The molecule has 1 aromatic heterocycles. The molecular formula is C22H31N5OS. The van der Waals surface area contributed by atoms with Gasteiger partial charge in [-0.1, -0.05) is 30.3 Å². The van der Waals surface area contributed by atoms with E-state index in [4.69, 9.17) is 4.74 Å². The summed E-state index contributed by atoms with van der Waals surface area (Å²) >= 11 is 1.75. The maximum atomic E-state index is 6.11. The summed E-state index contributed by atoms with van der Waals surface area (Å²) < 4.78 is 6.11. The number of morpholine rings is 1. The third kappa shape index (κ3) is 5.15. The highest BCUT2D eigenvalue weighted by atomic mass is 32.1. The minimum Gasteiger partial charge on any atom is -0.373 e. The SMILES string of the molecule is CN=C(NCCCc1nc(C)cs1)N1CC2OCCN(Cc3ccccc3)C2C1. The summed E-state index contributed by atoms with van der Waals surface area (Å²) in [5.41, 5.74) is 2.49. The largest absolute Gasteiger partial charge is 0.373 e. The summed E-state index contributed by atoms with van der Waals surface area (Å²) in [5, 5.41) is 6.88. The smallest absolute Gasteiger partial charge is 0.193 e. The minimum absolute atomic E-state index is 0.254. The van der Waals surface area contributed by atoms with Gasteiger partial charge in [0.05, 0.1) is 23.8 Å². The molecule has 2 unspecified atom stereocenters. The number of ether oxygens (including phenoxy) is 1. The van der Waals surface area contributed by atoms with Crippen molar-refractivity contribution in [2.24, 2.45) is 4.99 Å². The van der Waals surface area contributed by atoms with Crippen molar-refractivity contribution < 1.29 is 4.74 Å². The number of hydrogen-bond acceptors (Lipinski definition) is 5.